The van der Waals surface area contributed by atoms with Gasteiger partial charge in [0.1, 0.15) is 0 Å². The number of nitrogens with one attached hydrogen (secondary N) is 1. The van der Waals surface area contributed by atoms with Crippen molar-refractivity contribution in [3.05, 3.63) is 41.7 Å². The lowest BCUT2D eigenvalue weighted by molar-refractivity contribution is 0.552. The lowest BCUT2D eigenvalue weighted by Gasteiger charge is -2.10. The minimum Gasteiger partial charge on any atom is -0.312 e. The summed E-state index contributed by atoms with van der Waals surface area (Å²) in [6.07, 6.45) is 3.95. The van der Waals surface area contributed by atoms with Crippen molar-refractivity contribution in [2.45, 2.75) is 37.1 Å². The molecule has 1 heterocycles. The van der Waals surface area contributed by atoms with Crippen molar-refractivity contribution in [1.29, 1.82) is 0 Å². The molecule has 2 rings (SSSR count). The van der Waals surface area contributed by atoms with E-state index in [-0.39, 0.29) is 0 Å². The fraction of sp³-hybridized carbons (Fsp3) is 0.438. The zero-order valence-electron chi connectivity index (χ0n) is 12.7. The van der Waals surface area contributed by atoms with Crippen LogP contribution in [0.15, 0.2) is 40.4 Å². The quantitative estimate of drug-likeness (QED) is 0.881. The van der Waals surface area contributed by atoms with Crippen LogP contribution in [0.5, 0.6) is 0 Å². The Hall–Kier alpha value is -1.26. The zero-order valence-corrected chi connectivity index (χ0v) is 13.5. The van der Waals surface area contributed by atoms with Crippen molar-refractivity contribution in [3.8, 4) is 0 Å². The highest BCUT2D eigenvalue weighted by Crippen LogP contribution is 2.30. The maximum Gasteiger partial charge on any atom is 0.0629 e. The molecule has 1 aromatic heterocycles. The lowest BCUT2D eigenvalue weighted by atomic mass is 10.1. The fourth-order valence-electron chi connectivity index (χ4n) is 2.02. The van der Waals surface area contributed by atoms with Crippen LogP contribution in [0, 0.1) is 12.8 Å². The first-order valence-corrected chi connectivity index (χ1v) is 7.83. The summed E-state index contributed by atoms with van der Waals surface area (Å²) in [5.41, 5.74) is 2.67. The Bertz CT molecular complexity index is 561. The van der Waals surface area contributed by atoms with Gasteiger partial charge in [0, 0.05) is 24.7 Å². The summed E-state index contributed by atoms with van der Waals surface area (Å²) in [5, 5.41) is 7.68. The van der Waals surface area contributed by atoms with Gasteiger partial charge in [0.25, 0.3) is 0 Å². The van der Waals surface area contributed by atoms with E-state index in [1.165, 1.54) is 20.9 Å². The Labute approximate surface area is 125 Å². The minimum absolute atomic E-state index is 0.691. The standard InChI is InChI=1S/C16H23N3S/c1-12(2)8-17-9-14-5-6-16(13(3)7-14)20-15-10-18-19(4)11-15/h5-7,10-12,17H,8-9H2,1-4H3. The number of aryl methyl sites for hydroxylation is 2. The van der Waals surface area contributed by atoms with E-state index in [0.29, 0.717) is 5.92 Å². The van der Waals surface area contributed by atoms with Crippen LogP contribution in [0.25, 0.3) is 0 Å². The summed E-state index contributed by atoms with van der Waals surface area (Å²) in [5.74, 6) is 0.691. The maximum absolute atomic E-state index is 4.20. The molecule has 108 valence electrons. The third kappa shape index (κ3) is 4.39. The average Bonchev–Trinajstić information content (AvgIpc) is 2.78. The van der Waals surface area contributed by atoms with Crippen LogP contribution >= 0.6 is 11.8 Å². The van der Waals surface area contributed by atoms with E-state index in [4.69, 9.17) is 0 Å². The summed E-state index contributed by atoms with van der Waals surface area (Å²) in [6, 6.07) is 6.68. The highest BCUT2D eigenvalue weighted by atomic mass is 32.2. The first-order valence-electron chi connectivity index (χ1n) is 7.01. The molecular weight excluding hydrogens is 266 g/mol. The molecule has 4 heteroatoms. The van der Waals surface area contributed by atoms with Crippen molar-refractivity contribution in [2.75, 3.05) is 6.54 Å². The molecule has 0 aliphatic carbocycles. The van der Waals surface area contributed by atoms with Gasteiger partial charge in [-0.1, -0.05) is 37.7 Å². The lowest BCUT2D eigenvalue weighted by Crippen LogP contribution is -2.18. The zero-order chi connectivity index (χ0) is 14.5. The van der Waals surface area contributed by atoms with Gasteiger partial charge in [-0.15, -0.1) is 0 Å². The first-order chi connectivity index (χ1) is 9.54. The molecule has 0 fully saturated rings. The Kier molecular flexibility index (Phi) is 5.26. The number of benzene rings is 1. The molecule has 0 spiro atoms. The maximum atomic E-state index is 4.20. The molecule has 0 radical (unpaired) electrons. The SMILES string of the molecule is Cc1cc(CNCC(C)C)ccc1Sc1cnn(C)c1. The molecule has 0 saturated carbocycles. The largest absolute Gasteiger partial charge is 0.312 e. The second-order valence-corrected chi connectivity index (χ2v) is 6.69. The molecular formula is C16H23N3S. The monoisotopic (exact) mass is 289 g/mol. The van der Waals surface area contributed by atoms with Crippen LogP contribution in [0.2, 0.25) is 0 Å². The normalized spacial score (nSPS) is 11.2. The van der Waals surface area contributed by atoms with Crippen LogP contribution < -0.4 is 5.32 Å². The summed E-state index contributed by atoms with van der Waals surface area (Å²) in [4.78, 5) is 2.48. The Morgan fingerprint density at radius 2 is 2.15 bits per heavy atom. The molecule has 0 bridgehead atoms. The topological polar surface area (TPSA) is 29.9 Å². The number of rotatable bonds is 6. The molecule has 0 unspecified atom stereocenters. The van der Waals surface area contributed by atoms with Crippen molar-refractivity contribution >= 4 is 11.8 Å². The molecule has 1 N–H and O–H groups in total. The van der Waals surface area contributed by atoms with E-state index >= 15 is 0 Å². The highest BCUT2D eigenvalue weighted by molar-refractivity contribution is 7.99. The van der Waals surface area contributed by atoms with Gasteiger partial charge < -0.3 is 5.32 Å². The minimum atomic E-state index is 0.691. The van der Waals surface area contributed by atoms with Crippen molar-refractivity contribution in [3.63, 3.8) is 0 Å². The number of aromatic nitrogens is 2. The van der Waals surface area contributed by atoms with E-state index in [1.54, 1.807) is 11.8 Å². The molecule has 1 aromatic carbocycles. The highest BCUT2D eigenvalue weighted by Gasteiger charge is 2.04. The Balaban J connectivity index is 1.98. The van der Waals surface area contributed by atoms with Crippen LogP contribution in [0.1, 0.15) is 25.0 Å². The van der Waals surface area contributed by atoms with E-state index in [1.807, 2.05) is 24.1 Å². The number of hydrogen-bond acceptors (Lipinski definition) is 3. The van der Waals surface area contributed by atoms with Gasteiger partial charge in [0.15, 0.2) is 0 Å². The van der Waals surface area contributed by atoms with Crippen molar-refractivity contribution in [1.82, 2.24) is 15.1 Å². The van der Waals surface area contributed by atoms with Gasteiger partial charge in [0.05, 0.1) is 11.1 Å². The van der Waals surface area contributed by atoms with Gasteiger partial charge >= 0.3 is 0 Å². The first kappa shape index (κ1) is 15.1. The predicted molar refractivity (Wildman–Crippen MR) is 85.1 cm³/mol. The van der Waals surface area contributed by atoms with Gasteiger partial charge in [-0.2, -0.15) is 5.10 Å². The van der Waals surface area contributed by atoms with Crippen LogP contribution in [0.3, 0.4) is 0 Å². The third-order valence-corrected chi connectivity index (χ3v) is 4.15. The molecule has 0 saturated heterocycles. The van der Waals surface area contributed by atoms with E-state index < -0.39 is 0 Å². The molecule has 0 aliphatic heterocycles. The Morgan fingerprint density at radius 1 is 1.35 bits per heavy atom. The van der Waals surface area contributed by atoms with E-state index in [2.05, 4.69) is 49.4 Å². The predicted octanol–water partition coefficient (Wildman–Crippen LogP) is 3.63. The molecule has 0 aliphatic rings. The van der Waals surface area contributed by atoms with Crippen LogP contribution in [-0.2, 0) is 13.6 Å². The average molecular weight is 289 g/mol. The molecule has 20 heavy (non-hydrogen) atoms. The fourth-order valence-corrected chi connectivity index (χ4v) is 2.93. The molecule has 3 nitrogen and oxygen atoms in total. The van der Waals surface area contributed by atoms with Crippen LogP contribution in [-0.4, -0.2) is 16.3 Å². The summed E-state index contributed by atoms with van der Waals surface area (Å²) in [7, 11) is 1.94. The summed E-state index contributed by atoms with van der Waals surface area (Å²) >= 11 is 1.77. The number of nitrogens with zero attached hydrogens (tertiary/aromatic N) is 2. The van der Waals surface area contributed by atoms with Crippen molar-refractivity contribution in [2.24, 2.45) is 13.0 Å². The third-order valence-electron chi connectivity index (χ3n) is 3.03. The van der Waals surface area contributed by atoms with E-state index in [0.717, 1.165) is 13.1 Å². The number of hydrogen-bond donors (Lipinski definition) is 1. The van der Waals surface area contributed by atoms with Gasteiger partial charge in [0.2, 0.25) is 0 Å². The van der Waals surface area contributed by atoms with Gasteiger partial charge in [-0.05, 0) is 36.6 Å². The summed E-state index contributed by atoms with van der Waals surface area (Å²) in [6.45, 7) is 8.63. The molecule has 0 atom stereocenters. The van der Waals surface area contributed by atoms with Crippen LogP contribution in [0.4, 0.5) is 0 Å². The molecule has 2 aromatic rings. The van der Waals surface area contributed by atoms with Crippen molar-refractivity contribution < 1.29 is 0 Å². The second-order valence-electron chi connectivity index (χ2n) is 5.58. The smallest absolute Gasteiger partial charge is 0.0629 e. The van der Waals surface area contributed by atoms with Gasteiger partial charge in [-0.3, -0.25) is 4.68 Å². The molecule has 0 amide bonds. The Morgan fingerprint density at radius 3 is 2.75 bits per heavy atom. The van der Waals surface area contributed by atoms with E-state index in [9.17, 15) is 0 Å². The van der Waals surface area contributed by atoms with Gasteiger partial charge in [-0.25, -0.2) is 0 Å². The second kappa shape index (κ2) is 6.95. The summed E-state index contributed by atoms with van der Waals surface area (Å²) < 4.78 is 1.84.